The average Bonchev–Trinajstić information content (AvgIpc) is 2.60. The zero-order chi connectivity index (χ0) is 20.7. The lowest BCUT2D eigenvalue weighted by atomic mass is 9.84. The Morgan fingerprint density at radius 1 is 0.964 bits per heavy atom. The molecule has 0 amide bonds. The van der Waals surface area contributed by atoms with Crippen molar-refractivity contribution in [2.24, 2.45) is 0 Å². The van der Waals surface area contributed by atoms with Gasteiger partial charge in [-0.15, -0.1) is 0 Å². The van der Waals surface area contributed by atoms with Gasteiger partial charge in [-0.1, -0.05) is 52.8 Å². The number of pyridine rings is 1. The van der Waals surface area contributed by atoms with Crippen LogP contribution in [0.3, 0.4) is 0 Å². The predicted octanol–water partition coefficient (Wildman–Crippen LogP) is 5.57. The third-order valence-corrected chi connectivity index (χ3v) is 5.07. The monoisotopic (exact) mass is 392 g/mol. The van der Waals surface area contributed by atoms with Crippen molar-refractivity contribution in [2.75, 3.05) is 24.6 Å². The summed E-state index contributed by atoms with van der Waals surface area (Å²) in [7, 11) is 0. The Morgan fingerprint density at radius 2 is 1.61 bits per heavy atom. The van der Waals surface area contributed by atoms with Crippen LogP contribution >= 0.6 is 0 Å². The molecule has 1 aromatic heterocycles. The fraction of sp³-hybridized carbons (Fsp3) is 0.500. The topological polar surface area (TPSA) is 25.4 Å². The van der Waals surface area contributed by atoms with E-state index in [9.17, 15) is 13.2 Å². The van der Waals surface area contributed by atoms with Crippen molar-refractivity contribution in [1.29, 1.82) is 0 Å². The molecule has 2 heterocycles. The molecule has 0 spiro atoms. The van der Waals surface area contributed by atoms with E-state index in [4.69, 9.17) is 4.74 Å². The first-order valence-corrected chi connectivity index (χ1v) is 9.45. The number of anilines is 1. The highest BCUT2D eigenvalue weighted by Crippen LogP contribution is 2.42. The molecule has 1 aliphatic rings. The van der Waals surface area contributed by atoms with Gasteiger partial charge in [0.1, 0.15) is 18.1 Å². The van der Waals surface area contributed by atoms with Gasteiger partial charge >= 0.3 is 6.18 Å². The SMILES string of the molecule is CC(C)(C)c1cccc2c1OCCN2CC(C)(C)c1cccc(C(F)(F)F)n1. The Balaban J connectivity index is 1.93. The zero-order valence-electron chi connectivity index (χ0n) is 17.0. The van der Waals surface area contributed by atoms with Crippen LogP contribution in [0.15, 0.2) is 36.4 Å². The molecule has 0 saturated carbocycles. The number of fused-ring (bicyclic) bond motifs is 1. The lowest BCUT2D eigenvalue weighted by Crippen LogP contribution is -2.42. The van der Waals surface area contributed by atoms with Gasteiger partial charge in [-0.2, -0.15) is 13.2 Å². The summed E-state index contributed by atoms with van der Waals surface area (Å²) in [6.07, 6.45) is -4.45. The van der Waals surface area contributed by atoms with Crippen LogP contribution in [-0.2, 0) is 17.0 Å². The highest BCUT2D eigenvalue weighted by atomic mass is 19.4. The van der Waals surface area contributed by atoms with Gasteiger partial charge in [-0.25, -0.2) is 4.98 Å². The maximum absolute atomic E-state index is 13.1. The summed E-state index contributed by atoms with van der Waals surface area (Å²) in [6, 6.07) is 10.2. The fourth-order valence-electron chi connectivity index (χ4n) is 3.59. The molecule has 3 nitrogen and oxygen atoms in total. The summed E-state index contributed by atoms with van der Waals surface area (Å²) in [4.78, 5) is 6.10. The molecule has 3 rings (SSSR count). The number of aromatic nitrogens is 1. The van der Waals surface area contributed by atoms with E-state index in [1.807, 2.05) is 26.0 Å². The van der Waals surface area contributed by atoms with Crippen LogP contribution in [0.1, 0.15) is 51.6 Å². The Kier molecular flexibility index (Phi) is 5.11. The molecule has 2 aromatic rings. The van der Waals surface area contributed by atoms with E-state index in [1.54, 1.807) is 6.07 Å². The third-order valence-electron chi connectivity index (χ3n) is 5.07. The van der Waals surface area contributed by atoms with Crippen molar-refractivity contribution in [3.05, 3.63) is 53.3 Å². The molecule has 152 valence electrons. The number of benzene rings is 1. The Hall–Kier alpha value is -2.24. The fourth-order valence-corrected chi connectivity index (χ4v) is 3.59. The number of para-hydroxylation sites is 1. The van der Waals surface area contributed by atoms with Gasteiger partial charge in [-0.3, -0.25) is 0 Å². The quantitative estimate of drug-likeness (QED) is 0.682. The predicted molar refractivity (Wildman–Crippen MR) is 105 cm³/mol. The number of hydrogen-bond acceptors (Lipinski definition) is 3. The summed E-state index contributed by atoms with van der Waals surface area (Å²) in [5, 5.41) is 0. The molecule has 28 heavy (non-hydrogen) atoms. The second-order valence-electron chi connectivity index (χ2n) is 8.96. The molecule has 0 N–H and O–H groups in total. The first kappa shape index (κ1) is 20.5. The summed E-state index contributed by atoms with van der Waals surface area (Å²) in [6.45, 7) is 12.1. The van der Waals surface area contributed by atoms with Gasteiger partial charge in [-0.05, 0) is 23.6 Å². The first-order valence-electron chi connectivity index (χ1n) is 9.45. The van der Waals surface area contributed by atoms with Crippen molar-refractivity contribution in [3.63, 3.8) is 0 Å². The average molecular weight is 392 g/mol. The molecule has 1 aliphatic heterocycles. The second-order valence-corrected chi connectivity index (χ2v) is 8.96. The largest absolute Gasteiger partial charge is 0.489 e. The van der Waals surface area contributed by atoms with Gasteiger partial charge in [0.05, 0.1) is 12.2 Å². The van der Waals surface area contributed by atoms with Crippen molar-refractivity contribution in [2.45, 2.75) is 51.6 Å². The lowest BCUT2D eigenvalue weighted by Gasteiger charge is -2.39. The van der Waals surface area contributed by atoms with Crippen LogP contribution in [-0.4, -0.2) is 24.7 Å². The van der Waals surface area contributed by atoms with Gasteiger partial charge in [0.25, 0.3) is 0 Å². The Labute approximate surface area is 164 Å². The highest BCUT2D eigenvalue weighted by molar-refractivity contribution is 5.65. The molecule has 0 atom stereocenters. The van der Waals surface area contributed by atoms with Crippen molar-refractivity contribution in [3.8, 4) is 5.75 Å². The molecular weight excluding hydrogens is 365 g/mol. The highest BCUT2D eigenvalue weighted by Gasteiger charge is 2.35. The van der Waals surface area contributed by atoms with E-state index in [0.717, 1.165) is 23.1 Å². The third kappa shape index (κ3) is 4.10. The van der Waals surface area contributed by atoms with Crippen LogP contribution in [0.5, 0.6) is 5.75 Å². The number of alkyl halides is 3. The smallest absolute Gasteiger partial charge is 0.433 e. The minimum absolute atomic E-state index is 0.0630. The molecule has 0 unspecified atom stereocenters. The van der Waals surface area contributed by atoms with Gasteiger partial charge in [0, 0.05) is 23.2 Å². The van der Waals surface area contributed by atoms with Gasteiger partial charge in [0.15, 0.2) is 0 Å². The Bertz CT molecular complexity index is 854. The van der Waals surface area contributed by atoms with Crippen molar-refractivity contribution >= 4 is 5.69 Å². The molecular formula is C22H27F3N2O. The van der Waals surface area contributed by atoms with Crippen molar-refractivity contribution in [1.82, 2.24) is 4.98 Å². The molecule has 6 heteroatoms. The minimum Gasteiger partial charge on any atom is -0.489 e. The molecule has 1 aromatic carbocycles. The number of rotatable bonds is 3. The first-order chi connectivity index (χ1) is 12.9. The molecule has 0 fully saturated rings. The van der Waals surface area contributed by atoms with Crippen molar-refractivity contribution < 1.29 is 17.9 Å². The van der Waals surface area contributed by atoms with Crippen LogP contribution in [0.2, 0.25) is 0 Å². The molecule has 0 aliphatic carbocycles. The van der Waals surface area contributed by atoms with E-state index in [-0.39, 0.29) is 5.41 Å². The zero-order valence-corrected chi connectivity index (χ0v) is 17.0. The minimum atomic E-state index is -4.45. The van der Waals surface area contributed by atoms with Crippen LogP contribution in [0.4, 0.5) is 18.9 Å². The van der Waals surface area contributed by atoms with E-state index < -0.39 is 17.3 Å². The maximum atomic E-state index is 13.1. The molecule has 0 bridgehead atoms. The number of ether oxygens (including phenoxy) is 1. The summed E-state index contributed by atoms with van der Waals surface area (Å²) in [5.74, 6) is 0.869. The summed E-state index contributed by atoms with van der Waals surface area (Å²) in [5.41, 5.74) is 1.07. The van der Waals surface area contributed by atoms with Crippen LogP contribution < -0.4 is 9.64 Å². The second kappa shape index (κ2) is 6.98. The molecule has 0 saturated heterocycles. The van der Waals surface area contributed by atoms with Gasteiger partial charge < -0.3 is 9.64 Å². The van der Waals surface area contributed by atoms with Crippen LogP contribution in [0.25, 0.3) is 0 Å². The normalized spacial score (nSPS) is 15.2. The van der Waals surface area contributed by atoms with Crippen LogP contribution in [0, 0.1) is 0 Å². The lowest BCUT2D eigenvalue weighted by molar-refractivity contribution is -0.141. The van der Waals surface area contributed by atoms with E-state index in [0.29, 0.717) is 25.4 Å². The number of hydrogen-bond donors (Lipinski definition) is 0. The number of nitrogens with zero attached hydrogens (tertiary/aromatic N) is 2. The summed E-state index contributed by atoms with van der Waals surface area (Å²) >= 11 is 0. The molecule has 0 radical (unpaired) electrons. The van der Waals surface area contributed by atoms with E-state index >= 15 is 0 Å². The van der Waals surface area contributed by atoms with E-state index in [2.05, 4.69) is 36.7 Å². The Morgan fingerprint density at radius 3 is 2.25 bits per heavy atom. The van der Waals surface area contributed by atoms with E-state index in [1.165, 1.54) is 6.07 Å². The maximum Gasteiger partial charge on any atom is 0.433 e. The number of halogens is 3. The summed E-state index contributed by atoms with van der Waals surface area (Å²) < 4.78 is 45.2. The van der Waals surface area contributed by atoms with Gasteiger partial charge in [0.2, 0.25) is 0 Å². The standard InChI is InChI=1S/C22H27F3N2O/c1-20(2,3)15-8-6-9-16-19(15)28-13-12-27(16)14-21(4,5)17-10-7-11-18(26-17)22(23,24)25/h6-11H,12-14H2,1-5H3.